The Balaban J connectivity index is 4.58. The molecule has 0 aromatic heterocycles. The molecule has 0 radical (unpaired) electrons. The molecule has 0 aliphatic carbocycles. The van der Waals surface area contributed by atoms with Crippen LogP contribution in [0.3, 0.4) is 0 Å². The second-order valence-corrected chi connectivity index (χ2v) is 8.56. The minimum absolute atomic E-state index is 0.457. The van der Waals surface area contributed by atoms with Crippen molar-refractivity contribution < 1.29 is 0 Å². The van der Waals surface area contributed by atoms with Crippen molar-refractivity contribution in [2.75, 3.05) is 0 Å². The Morgan fingerprint density at radius 3 is 1.32 bits per heavy atom. The van der Waals surface area contributed by atoms with Crippen molar-refractivity contribution in [1.29, 1.82) is 0 Å². The average Bonchev–Trinajstić information content (AvgIpc) is 2.31. The van der Waals surface area contributed by atoms with Crippen LogP contribution in [0.15, 0.2) is 0 Å². The van der Waals surface area contributed by atoms with E-state index in [4.69, 9.17) is 0 Å². The van der Waals surface area contributed by atoms with E-state index in [1.165, 1.54) is 12.8 Å². The Hall–Kier alpha value is 0. The van der Waals surface area contributed by atoms with Gasteiger partial charge in [0, 0.05) is 0 Å². The van der Waals surface area contributed by atoms with Gasteiger partial charge in [-0.25, -0.2) is 0 Å². The van der Waals surface area contributed by atoms with Crippen LogP contribution in [0.1, 0.15) is 82.1 Å². The Labute approximate surface area is 123 Å². The highest BCUT2D eigenvalue weighted by molar-refractivity contribution is 4.79. The molecule has 116 valence electrons. The van der Waals surface area contributed by atoms with Gasteiger partial charge in [-0.3, -0.25) is 0 Å². The van der Waals surface area contributed by atoms with Crippen LogP contribution in [0, 0.1) is 40.9 Å². The monoisotopic (exact) mass is 268 g/mol. The van der Waals surface area contributed by atoms with E-state index >= 15 is 0 Å². The number of hydrogen-bond donors (Lipinski definition) is 0. The Kier molecular flexibility index (Phi) is 7.70. The van der Waals surface area contributed by atoms with Gasteiger partial charge in [-0.15, -0.1) is 0 Å². The van der Waals surface area contributed by atoms with Crippen LogP contribution >= 0.6 is 0 Å². The van der Waals surface area contributed by atoms with E-state index in [2.05, 4.69) is 69.2 Å². The van der Waals surface area contributed by atoms with Crippen molar-refractivity contribution in [2.24, 2.45) is 40.9 Å². The smallest absolute Gasteiger partial charge is 0.0380 e. The van der Waals surface area contributed by atoms with Gasteiger partial charge in [0.15, 0.2) is 0 Å². The summed E-state index contributed by atoms with van der Waals surface area (Å²) in [5.41, 5.74) is 0.457. The molecular weight excluding hydrogens is 228 g/mol. The van der Waals surface area contributed by atoms with Gasteiger partial charge in [0.05, 0.1) is 0 Å². The molecule has 0 aromatic rings. The molecule has 19 heavy (non-hydrogen) atoms. The normalized spacial score (nSPS) is 22.4. The molecule has 0 N–H and O–H groups in total. The lowest BCUT2D eigenvalue weighted by Gasteiger charge is -2.37. The first kappa shape index (κ1) is 19.0. The summed E-state index contributed by atoms with van der Waals surface area (Å²) in [6, 6.07) is 0. The summed E-state index contributed by atoms with van der Waals surface area (Å²) in [6.45, 7) is 24.2. The fraction of sp³-hybridized carbons (Fsp3) is 1.00. The van der Waals surface area contributed by atoms with Crippen LogP contribution in [0.4, 0.5) is 0 Å². The molecule has 0 heteroatoms. The highest BCUT2D eigenvalue weighted by atomic mass is 14.4. The largest absolute Gasteiger partial charge is 0.0651 e. The summed E-state index contributed by atoms with van der Waals surface area (Å²) >= 11 is 0. The summed E-state index contributed by atoms with van der Waals surface area (Å²) in [6.07, 6.45) is 2.65. The van der Waals surface area contributed by atoms with Gasteiger partial charge < -0.3 is 0 Å². The van der Waals surface area contributed by atoms with Gasteiger partial charge in [-0.1, -0.05) is 75.7 Å². The summed E-state index contributed by atoms with van der Waals surface area (Å²) in [7, 11) is 0. The molecule has 0 spiro atoms. The van der Waals surface area contributed by atoms with Gasteiger partial charge in [0.1, 0.15) is 0 Å². The van der Waals surface area contributed by atoms with E-state index in [9.17, 15) is 0 Å². The van der Waals surface area contributed by atoms with Crippen molar-refractivity contribution in [1.82, 2.24) is 0 Å². The van der Waals surface area contributed by atoms with Crippen molar-refractivity contribution in [3.63, 3.8) is 0 Å². The molecule has 0 saturated carbocycles. The van der Waals surface area contributed by atoms with E-state index in [1.807, 2.05) is 0 Å². The Morgan fingerprint density at radius 2 is 1.00 bits per heavy atom. The number of rotatable bonds is 7. The third-order valence-electron chi connectivity index (χ3n) is 5.86. The lowest BCUT2D eigenvalue weighted by Crippen LogP contribution is -2.30. The predicted octanol–water partition coefficient (Wildman–Crippen LogP) is 6.65. The van der Waals surface area contributed by atoms with Gasteiger partial charge in [-0.05, 0) is 47.3 Å². The topological polar surface area (TPSA) is 0 Å². The average molecular weight is 269 g/mol. The second kappa shape index (κ2) is 7.70. The van der Waals surface area contributed by atoms with E-state index in [-0.39, 0.29) is 0 Å². The van der Waals surface area contributed by atoms with Gasteiger partial charge in [0.25, 0.3) is 0 Å². The SMILES string of the molecule is CCC(C)C(C)C(C)C(C)C(C)C(C)CC(C)(C)C. The summed E-state index contributed by atoms with van der Waals surface area (Å²) in [5.74, 6) is 4.97. The molecule has 0 aromatic carbocycles. The van der Waals surface area contributed by atoms with Crippen LogP contribution < -0.4 is 0 Å². The minimum atomic E-state index is 0.457. The Morgan fingerprint density at radius 1 is 0.632 bits per heavy atom. The first-order valence-corrected chi connectivity index (χ1v) is 8.51. The lowest BCUT2D eigenvalue weighted by molar-refractivity contribution is 0.119. The highest BCUT2D eigenvalue weighted by Gasteiger charge is 2.30. The van der Waals surface area contributed by atoms with Crippen LogP contribution in [0.2, 0.25) is 0 Å². The fourth-order valence-corrected chi connectivity index (χ4v) is 3.52. The first-order valence-electron chi connectivity index (χ1n) is 8.51. The minimum Gasteiger partial charge on any atom is -0.0651 e. The zero-order valence-corrected chi connectivity index (χ0v) is 15.4. The van der Waals surface area contributed by atoms with Crippen LogP contribution in [0.25, 0.3) is 0 Å². The third kappa shape index (κ3) is 6.32. The van der Waals surface area contributed by atoms with Crippen LogP contribution in [-0.4, -0.2) is 0 Å². The maximum atomic E-state index is 2.48. The van der Waals surface area contributed by atoms with Crippen molar-refractivity contribution in [3.05, 3.63) is 0 Å². The van der Waals surface area contributed by atoms with Gasteiger partial charge >= 0.3 is 0 Å². The fourth-order valence-electron chi connectivity index (χ4n) is 3.52. The zero-order chi connectivity index (χ0) is 15.4. The molecule has 0 saturated heterocycles. The second-order valence-electron chi connectivity index (χ2n) is 8.56. The zero-order valence-electron chi connectivity index (χ0n) is 15.4. The Bertz CT molecular complexity index is 235. The molecule has 0 rings (SSSR count). The lowest BCUT2D eigenvalue weighted by atomic mass is 9.68. The van der Waals surface area contributed by atoms with Crippen molar-refractivity contribution >= 4 is 0 Å². The van der Waals surface area contributed by atoms with E-state index in [1.54, 1.807) is 0 Å². The summed E-state index contributed by atoms with van der Waals surface area (Å²) in [4.78, 5) is 0. The molecule has 0 aliphatic rings. The molecule has 6 unspecified atom stereocenters. The highest BCUT2D eigenvalue weighted by Crippen LogP contribution is 2.38. The molecule has 0 nitrogen and oxygen atoms in total. The first-order chi connectivity index (χ1) is 8.51. The predicted molar refractivity (Wildman–Crippen MR) is 89.3 cm³/mol. The van der Waals surface area contributed by atoms with E-state index in [0.29, 0.717) is 5.41 Å². The summed E-state index contributed by atoms with van der Waals surface area (Å²) in [5, 5.41) is 0. The van der Waals surface area contributed by atoms with Crippen LogP contribution in [-0.2, 0) is 0 Å². The molecular formula is C19H40. The van der Waals surface area contributed by atoms with E-state index in [0.717, 1.165) is 35.5 Å². The third-order valence-corrected chi connectivity index (χ3v) is 5.86. The van der Waals surface area contributed by atoms with Crippen molar-refractivity contribution in [2.45, 2.75) is 82.1 Å². The molecule has 0 fully saturated rings. The molecule has 0 amide bonds. The van der Waals surface area contributed by atoms with Gasteiger partial charge in [-0.2, -0.15) is 0 Å². The maximum Gasteiger partial charge on any atom is -0.0380 e. The number of hydrogen-bond acceptors (Lipinski definition) is 0. The van der Waals surface area contributed by atoms with Crippen LogP contribution in [0.5, 0.6) is 0 Å². The molecule has 0 heterocycles. The molecule has 6 atom stereocenters. The molecule has 0 bridgehead atoms. The van der Waals surface area contributed by atoms with Gasteiger partial charge in [0.2, 0.25) is 0 Å². The standard InChI is InChI=1S/C19H40/c1-11-13(2)15(4)17(6)18(7)16(5)14(3)12-19(8,9)10/h13-18H,11-12H2,1-10H3. The van der Waals surface area contributed by atoms with Crippen molar-refractivity contribution in [3.8, 4) is 0 Å². The quantitative estimate of drug-likeness (QED) is 0.485. The molecule has 0 aliphatic heterocycles. The maximum absolute atomic E-state index is 2.48. The summed E-state index contributed by atoms with van der Waals surface area (Å²) < 4.78 is 0. The van der Waals surface area contributed by atoms with E-state index < -0.39 is 0 Å².